The van der Waals surface area contributed by atoms with Gasteiger partial charge in [-0.1, -0.05) is 32.0 Å². The van der Waals surface area contributed by atoms with Crippen molar-refractivity contribution < 1.29 is 13.9 Å². The number of ether oxygens (including phenoxy) is 1. The first kappa shape index (κ1) is 19.0. The summed E-state index contributed by atoms with van der Waals surface area (Å²) in [5, 5.41) is 5.39. The lowest BCUT2D eigenvalue weighted by Gasteiger charge is -2.07. The molecular formula is C21H21FN2O2S. The van der Waals surface area contributed by atoms with Crippen molar-refractivity contribution in [2.24, 2.45) is 5.92 Å². The number of amides is 1. The van der Waals surface area contributed by atoms with Gasteiger partial charge in [0.1, 0.15) is 28.9 Å². The minimum Gasteiger partial charge on any atom is -0.489 e. The van der Waals surface area contributed by atoms with Crippen molar-refractivity contribution in [2.45, 2.75) is 20.5 Å². The summed E-state index contributed by atoms with van der Waals surface area (Å²) in [5.41, 5.74) is 1.84. The molecule has 0 fully saturated rings. The molecule has 0 unspecified atom stereocenters. The van der Waals surface area contributed by atoms with E-state index in [9.17, 15) is 9.18 Å². The van der Waals surface area contributed by atoms with Crippen LogP contribution in [-0.4, -0.2) is 17.4 Å². The number of carbonyl (C=O) groups is 1. The third kappa shape index (κ3) is 5.14. The van der Waals surface area contributed by atoms with Crippen molar-refractivity contribution in [2.75, 3.05) is 6.54 Å². The number of halogens is 1. The maximum absolute atomic E-state index is 13.6. The van der Waals surface area contributed by atoms with Crippen LogP contribution in [0.1, 0.15) is 29.9 Å². The van der Waals surface area contributed by atoms with E-state index in [0.29, 0.717) is 29.5 Å². The normalized spacial score (nSPS) is 10.8. The monoisotopic (exact) mass is 384 g/mol. The zero-order chi connectivity index (χ0) is 19.2. The number of carbonyl (C=O) groups excluding carboxylic acids is 1. The molecule has 3 aromatic rings. The molecule has 0 saturated heterocycles. The van der Waals surface area contributed by atoms with Gasteiger partial charge < -0.3 is 10.1 Å². The SMILES string of the molecule is CC(C)CNC(=O)c1csc(-c2ccc(OCc3ccccc3F)cc2)n1. The topological polar surface area (TPSA) is 51.2 Å². The van der Waals surface area contributed by atoms with Gasteiger partial charge in [-0.15, -0.1) is 11.3 Å². The largest absolute Gasteiger partial charge is 0.489 e. The van der Waals surface area contributed by atoms with E-state index < -0.39 is 0 Å². The van der Waals surface area contributed by atoms with Crippen LogP contribution in [0.25, 0.3) is 10.6 Å². The van der Waals surface area contributed by atoms with Crippen LogP contribution in [0.3, 0.4) is 0 Å². The molecule has 27 heavy (non-hydrogen) atoms. The highest BCUT2D eigenvalue weighted by atomic mass is 32.1. The molecule has 1 N–H and O–H groups in total. The van der Waals surface area contributed by atoms with Crippen LogP contribution < -0.4 is 10.1 Å². The van der Waals surface area contributed by atoms with E-state index in [4.69, 9.17) is 4.74 Å². The molecule has 4 nitrogen and oxygen atoms in total. The van der Waals surface area contributed by atoms with Gasteiger partial charge in [0, 0.05) is 23.1 Å². The average molecular weight is 384 g/mol. The van der Waals surface area contributed by atoms with Crippen LogP contribution in [0.2, 0.25) is 0 Å². The Kier molecular flexibility index (Phi) is 6.19. The zero-order valence-electron chi connectivity index (χ0n) is 15.2. The molecule has 0 bridgehead atoms. The van der Waals surface area contributed by atoms with E-state index in [2.05, 4.69) is 10.3 Å². The lowest BCUT2D eigenvalue weighted by Crippen LogP contribution is -2.27. The van der Waals surface area contributed by atoms with Crippen LogP contribution in [0.15, 0.2) is 53.9 Å². The van der Waals surface area contributed by atoms with Gasteiger partial charge in [0.15, 0.2) is 0 Å². The van der Waals surface area contributed by atoms with E-state index in [-0.39, 0.29) is 18.3 Å². The minimum atomic E-state index is -0.278. The molecule has 0 radical (unpaired) electrons. The summed E-state index contributed by atoms with van der Waals surface area (Å²) in [6.45, 7) is 4.88. The summed E-state index contributed by atoms with van der Waals surface area (Å²) in [6.07, 6.45) is 0. The number of hydrogen-bond acceptors (Lipinski definition) is 4. The highest BCUT2D eigenvalue weighted by molar-refractivity contribution is 7.13. The van der Waals surface area contributed by atoms with E-state index in [1.807, 2.05) is 38.1 Å². The van der Waals surface area contributed by atoms with Crippen molar-refractivity contribution >= 4 is 17.2 Å². The van der Waals surface area contributed by atoms with Crippen molar-refractivity contribution in [1.82, 2.24) is 10.3 Å². The number of rotatable bonds is 7. The second-order valence-corrected chi connectivity index (χ2v) is 7.40. The molecular weight excluding hydrogens is 363 g/mol. The first-order valence-electron chi connectivity index (χ1n) is 8.73. The Balaban J connectivity index is 1.62. The van der Waals surface area contributed by atoms with Crippen molar-refractivity contribution in [3.8, 4) is 16.3 Å². The summed E-state index contributed by atoms with van der Waals surface area (Å²) in [7, 11) is 0. The van der Waals surface area contributed by atoms with Crippen LogP contribution in [0.5, 0.6) is 5.75 Å². The fourth-order valence-corrected chi connectivity index (χ4v) is 3.17. The van der Waals surface area contributed by atoms with Gasteiger partial charge in [0.05, 0.1) is 0 Å². The molecule has 0 aliphatic rings. The number of benzene rings is 2. The Morgan fingerprint density at radius 2 is 1.93 bits per heavy atom. The summed E-state index contributed by atoms with van der Waals surface area (Å²) >= 11 is 1.42. The second-order valence-electron chi connectivity index (χ2n) is 6.55. The number of aromatic nitrogens is 1. The lowest BCUT2D eigenvalue weighted by molar-refractivity contribution is 0.0945. The molecule has 0 saturated carbocycles. The number of thiazole rings is 1. The molecule has 0 spiro atoms. The third-order valence-corrected chi connectivity index (χ3v) is 4.75. The highest BCUT2D eigenvalue weighted by Gasteiger charge is 2.12. The van der Waals surface area contributed by atoms with Gasteiger partial charge in [-0.3, -0.25) is 4.79 Å². The Bertz CT molecular complexity index is 907. The first-order valence-corrected chi connectivity index (χ1v) is 9.61. The minimum absolute atomic E-state index is 0.156. The molecule has 3 rings (SSSR count). The van der Waals surface area contributed by atoms with E-state index in [1.165, 1.54) is 17.4 Å². The van der Waals surface area contributed by atoms with Gasteiger partial charge in [-0.25, -0.2) is 9.37 Å². The Hall–Kier alpha value is -2.73. The van der Waals surface area contributed by atoms with Gasteiger partial charge >= 0.3 is 0 Å². The zero-order valence-corrected chi connectivity index (χ0v) is 16.1. The second kappa shape index (κ2) is 8.77. The fraction of sp³-hybridized carbons (Fsp3) is 0.238. The number of hydrogen-bond donors (Lipinski definition) is 1. The molecule has 140 valence electrons. The van der Waals surface area contributed by atoms with Crippen molar-refractivity contribution in [3.63, 3.8) is 0 Å². The van der Waals surface area contributed by atoms with Crippen LogP contribution in [0.4, 0.5) is 4.39 Å². The Morgan fingerprint density at radius 3 is 2.63 bits per heavy atom. The van der Waals surface area contributed by atoms with E-state index >= 15 is 0 Å². The molecule has 0 aliphatic carbocycles. The summed E-state index contributed by atoms with van der Waals surface area (Å²) in [5.74, 6) is 0.605. The standard InChI is InChI=1S/C21H21FN2O2S/c1-14(2)11-23-20(25)19-13-27-21(24-19)15-7-9-17(10-8-15)26-12-16-5-3-4-6-18(16)22/h3-10,13-14H,11-12H2,1-2H3,(H,23,25). The van der Waals surface area contributed by atoms with Gasteiger partial charge in [-0.2, -0.15) is 0 Å². The van der Waals surface area contributed by atoms with Crippen LogP contribution >= 0.6 is 11.3 Å². The molecule has 1 heterocycles. The van der Waals surface area contributed by atoms with Crippen molar-refractivity contribution in [1.29, 1.82) is 0 Å². The summed E-state index contributed by atoms with van der Waals surface area (Å²) in [6, 6.07) is 13.9. The smallest absolute Gasteiger partial charge is 0.270 e. The molecule has 6 heteroatoms. The third-order valence-electron chi connectivity index (χ3n) is 3.86. The molecule has 0 atom stereocenters. The predicted molar refractivity (Wildman–Crippen MR) is 105 cm³/mol. The predicted octanol–water partition coefficient (Wildman–Crippen LogP) is 4.91. The lowest BCUT2D eigenvalue weighted by atomic mass is 10.2. The van der Waals surface area contributed by atoms with Gasteiger partial charge in [-0.05, 0) is 36.2 Å². The summed E-state index contributed by atoms with van der Waals surface area (Å²) in [4.78, 5) is 16.5. The van der Waals surface area contributed by atoms with Crippen molar-refractivity contribution in [3.05, 3.63) is 71.0 Å². The molecule has 1 aromatic heterocycles. The summed E-state index contributed by atoms with van der Waals surface area (Å²) < 4.78 is 19.3. The number of nitrogens with zero attached hydrogens (tertiary/aromatic N) is 1. The average Bonchev–Trinajstić information content (AvgIpc) is 3.16. The van der Waals surface area contributed by atoms with Gasteiger partial charge in [0.25, 0.3) is 5.91 Å². The molecule has 2 aromatic carbocycles. The van der Waals surface area contributed by atoms with Crippen LogP contribution in [-0.2, 0) is 6.61 Å². The fourth-order valence-electron chi connectivity index (χ4n) is 2.37. The number of nitrogens with one attached hydrogen (secondary N) is 1. The Morgan fingerprint density at radius 1 is 1.19 bits per heavy atom. The quantitative estimate of drug-likeness (QED) is 0.629. The first-order chi connectivity index (χ1) is 13.0. The maximum Gasteiger partial charge on any atom is 0.270 e. The van der Waals surface area contributed by atoms with Gasteiger partial charge in [0.2, 0.25) is 0 Å². The van der Waals surface area contributed by atoms with Crippen LogP contribution in [0, 0.1) is 11.7 Å². The van der Waals surface area contributed by atoms with E-state index in [0.717, 1.165) is 10.6 Å². The molecule has 1 amide bonds. The maximum atomic E-state index is 13.6. The molecule has 0 aliphatic heterocycles. The van der Waals surface area contributed by atoms with E-state index in [1.54, 1.807) is 23.6 Å². The Labute approximate surface area is 162 Å². The highest BCUT2D eigenvalue weighted by Crippen LogP contribution is 2.26.